The zero-order chi connectivity index (χ0) is 16.9. The average Bonchev–Trinajstić information content (AvgIpc) is 3.11. The third-order valence-electron chi connectivity index (χ3n) is 3.50. The average molecular weight is 323 g/mol. The summed E-state index contributed by atoms with van der Waals surface area (Å²) >= 11 is 0. The van der Waals surface area contributed by atoms with Gasteiger partial charge in [-0.25, -0.2) is 9.36 Å². The van der Waals surface area contributed by atoms with Crippen LogP contribution in [0.2, 0.25) is 0 Å². The Morgan fingerprint density at radius 2 is 1.96 bits per heavy atom. The van der Waals surface area contributed by atoms with Crippen LogP contribution in [0.1, 0.15) is 11.1 Å². The third kappa shape index (κ3) is 3.75. The van der Waals surface area contributed by atoms with Gasteiger partial charge < -0.3 is 5.32 Å². The van der Waals surface area contributed by atoms with Crippen molar-refractivity contribution in [3.05, 3.63) is 76.3 Å². The summed E-state index contributed by atoms with van der Waals surface area (Å²) in [5.74, 6) is 0.203. The van der Waals surface area contributed by atoms with Crippen LogP contribution in [0.15, 0.2) is 59.7 Å². The lowest BCUT2D eigenvalue weighted by atomic mass is 10.1. The van der Waals surface area contributed by atoms with Gasteiger partial charge in [0.05, 0.1) is 0 Å². The Kier molecular flexibility index (Phi) is 4.51. The Morgan fingerprint density at radius 3 is 2.67 bits per heavy atom. The van der Waals surface area contributed by atoms with E-state index in [0.29, 0.717) is 12.4 Å². The van der Waals surface area contributed by atoms with Crippen LogP contribution in [0.3, 0.4) is 0 Å². The van der Waals surface area contributed by atoms with Crippen molar-refractivity contribution < 1.29 is 4.79 Å². The van der Waals surface area contributed by atoms with Gasteiger partial charge in [0, 0.05) is 25.0 Å². The Balaban J connectivity index is 1.66. The van der Waals surface area contributed by atoms with Crippen molar-refractivity contribution in [3.8, 4) is 5.82 Å². The van der Waals surface area contributed by atoms with Crippen molar-refractivity contribution in [2.24, 2.45) is 0 Å². The van der Waals surface area contributed by atoms with Gasteiger partial charge in [0.2, 0.25) is 5.91 Å². The number of aromatic nitrogens is 4. The lowest BCUT2D eigenvalue weighted by Crippen LogP contribution is -2.33. The van der Waals surface area contributed by atoms with Crippen LogP contribution in [0.25, 0.3) is 5.82 Å². The maximum Gasteiger partial charge on any atom is 0.267 e. The summed E-state index contributed by atoms with van der Waals surface area (Å²) in [4.78, 5) is 23.9. The van der Waals surface area contributed by atoms with Crippen LogP contribution in [0.5, 0.6) is 0 Å². The fraction of sp³-hybridized carbons (Fsp3) is 0.176. The first-order valence-electron chi connectivity index (χ1n) is 7.52. The van der Waals surface area contributed by atoms with Gasteiger partial charge in [-0.3, -0.25) is 9.59 Å². The fourth-order valence-electron chi connectivity index (χ4n) is 2.18. The molecule has 24 heavy (non-hydrogen) atoms. The third-order valence-corrected chi connectivity index (χ3v) is 3.50. The predicted molar refractivity (Wildman–Crippen MR) is 88.6 cm³/mol. The molecule has 0 fully saturated rings. The quantitative estimate of drug-likeness (QED) is 0.761. The van der Waals surface area contributed by atoms with Crippen molar-refractivity contribution >= 4 is 5.91 Å². The molecule has 2 heterocycles. The molecule has 1 amide bonds. The molecule has 1 N–H and O–H groups in total. The van der Waals surface area contributed by atoms with Crippen molar-refractivity contribution in [2.75, 3.05) is 0 Å². The van der Waals surface area contributed by atoms with E-state index in [9.17, 15) is 9.59 Å². The Bertz CT molecular complexity index is 882. The molecule has 0 aliphatic rings. The number of benzene rings is 1. The summed E-state index contributed by atoms with van der Waals surface area (Å²) in [6.45, 7) is 2.28. The Hall–Kier alpha value is -3.22. The normalized spacial score (nSPS) is 10.5. The van der Waals surface area contributed by atoms with Gasteiger partial charge in [-0.2, -0.15) is 5.10 Å². The van der Waals surface area contributed by atoms with E-state index < -0.39 is 0 Å². The van der Waals surface area contributed by atoms with Crippen molar-refractivity contribution in [1.82, 2.24) is 24.9 Å². The summed E-state index contributed by atoms with van der Waals surface area (Å²) in [7, 11) is 0. The molecular formula is C17H17N5O2. The van der Waals surface area contributed by atoms with Crippen LogP contribution < -0.4 is 10.9 Å². The number of nitrogens with zero attached hydrogens (tertiary/aromatic N) is 4. The van der Waals surface area contributed by atoms with Gasteiger partial charge in [0.25, 0.3) is 5.56 Å². The summed E-state index contributed by atoms with van der Waals surface area (Å²) in [6, 6.07) is 12.6. The molecule has 0 bridgehead atoms. The van der Waals surface area contributed by atoms with Crippen molar-refractivity contribution in [2.45, 2.75) is 20.0 Å². The summed E-state index contributed by atoms with van der Waals surface area (Å²) < 4.78 is 2.65. The maximum atomic E-state index is 12.1. The van der Waals surface area contributed by atoms with E-state index in [0.717, 1.165) is 15.8 Å². The van der Waals surface area contributed by atoms with Crippen LogP contribution >= 0.6 is 0 Å². The van der Waals surface area contributed by atoms with Gasteiger partial charge in [0.1, 0.15) is 6.54 Å². The molecule has 0 atom stereocenters. The lowest BCUT2D eigenvalue weighted by Gasteiger charge is -2.08. The monoisotopic (exact) mass is 323 g/mol. The summed E-state index contributed by atoms with van der Waals surface area (Å²) in [6.07, 6.45) is 3.33. The van der Waals surface area contributed by atoms with E-state index in [1.165, 1.54) is 10.7 Å². The highest BCUT2D eigenvalue weighted by molar-refractivity contribution is 5.75. The number of carbonyl (C=O) groups is 1. The van der Waals surface area contributed by atoms with E-state index in [2.05, 4.69) is 15.5 Å². The second-order valence-electron chi connectivity index (χ2n) is 5.40. The minimum absolute atomic E-state index is 0.139. The highest BCUT2D eigenvalue weighted by atomic mass is 16.2. The van der Waals surface area contributed by atoms with Crippen LogP contribution in [-0.4, -0.2) is 25.5 Å². The van der Waals surface area contributed by atoms with Crippen LogP contribution in [0.4, 0.5) is 0 Å². The van der Waals surface area contributed by atoms with Crippen LogP contribution in [0, 0.1) is 6.92 Å². The molecule has 3 aromatic rings. The topological polar surface area (TPSA) is 81.8 Å². The van der Waals surface area contributed by atoms with E-state index in [1.54, 1.807) is 24.5 Å². The highest BCUT2D eigenvalue weighted by Gasteiger charge is 2.08. The lowest BCUT2D eigenvalue weighted by molar-refractivity contribution is -0.122. The zero-order valence-corrected chi connectivity index (χ0v) is 13.2. The molecule has 0 spiro atoms. The number of aryl methyl sites for hydroxylation is 1. The largest absolute Gasteiger partial charge is 0.350 e. The van der Waals surface area contributed by atoms with E-state index in [4.69, 9.17) is 0 Å². The van der Waals surface area contributed by atoms with Gasteiger partial charge in [-0.1, -0.05) is 29.8 Å². The second kappa shape index (κ2) is 6.91. The van der Waals surface area contributed by atoms with Crippen molar-refractivity contribution in [1.29, 1.82) is 0 Å². The molecule has 122 valence electrons. The Morgan fingerprint density at radius 1 is 1.17 bits per heavy atom. The molecule has 1 aromatic carbocycles. The van der Waals surface area contributed by atoms with E-state index in [-0.39, 0.29) is 18.0 Å². The van der Waals surface area contributed by atoms with Gasteiger partial charge in [-0.05, 0) is 24.6 Å². The first-order chi connectivity index (χ1) is 11.6. The van der Waals surface area contributed by atoms with Gasteiger partial charge in [-0.15, -0.1) is 5.10 Å². The molecule has 0 saturated carbocycles. The van der Waals surface area contributed by atoms with Crippen molar-refractivity contribution in [3.63, 3.8) is 0 Å². The first-order valence-corrected chi connectivity index (χ1v) is 7.52. The predicted octanol–water partition coefficient (Wildman–Crippen LogP) is 1.05. The molecule has 0 aliphatic carbocycles. The number of amides is 1. The number of rotatable bonds is 5. The molecule has 2 aromatic heterocycles. The zero-order valence-electron chi connectivity index (χ0n) is 13.2. The van der Waals surface area contributed by atoms with Gasteiger partial charge in [0.15, 0.2) is 5.82 Å². The van der Waals surface area contributed by atoms with E-state index >= 15 is 0 Å². The molecule has 0 aliphatic heterocycles. The summed E-state index contributed by atoms with van der Waals surface area (Å²) in [5, 5.41) is 11.0. The number of carbonyl (C=O) groups excluding carboxylic acids is 1. The molecule has 0 radical (unpaired) electrons. The second-order valence-corrected chi connectivity index (χ2v) is 5.40. The maximum absolute atomic E-state index is 12.1. The standard InChI is InChI=1S/C17H17N5O2/c1-13-3-5-14(6-4-13)11-18-16(23)12-22-17(24)8-7-15(20-22)21-10-2-9-19-21/h2-10H,11-12H2,1H3,(H,18,23). The molecular weight excluding hydrogens is 306 g/mol. The summed E-state index contributed by atoms with van der Waals surface area (Å²) in [5.41, 5.74) is 1.83. The minimum atomic E-state index is -0.337. The SMILES string of the molecule is Cc1ccc(CNC(=O)Cn2nc(-n3cccn3)ccc2=O)cc1. The highest BCUT2D eigenvalue weighted by Crippen LogP contribution is 2.02. The first kappa shape index (κ1) is 15.7. The number of nitrogens with one attached hydrogen (secondary N) is 1. The smallest absolute Gasteiger partial charge is 0.267 e. The molecule has 0 unspecified atom stereocenters. The van der Waals surface area contributed by atoms with E-state index in [1.807, 2.05) is 31.2 Å². The van der Waals surface area contributed by atoms with Crippen LogP contribution in [-0.2, 0) is 17.9 Å². The fourth-order valence-corrected chi connectivity index (χ4v) is 2.18. The molecule has 0 saturated heterocycles. The molecule has 3 rings (SSSR count). The molecule has 7 nitrogen and oxygen atoms in total. The van der Waals surface area contributed by atoms with Gasteiger partial charge >= 0.3 is 0 Å². The Labute approximate surface area is 138 Å². The molecule has 7 heteroatoms. The minimum Gasteiger partial charge on any atom is -0.350 e. The number of hydrogen-bond acceptors (Lipinski definition) is 4. The number of hydrogen-bond donors (Lipinski definition) is 1.